The molecule has 0 heterocycles. The Hall–Kier alpha value is -1.40. The molecule has 1 aromatic rings. The lowest BCUT2D eigenvalue weighted by Crippen LogP contribution is -2.60. The van der Waals surface area contributed by atoms with Gasteiger partial charge in [0.15, 0.2) is 5.78 Å². The lowest BCUT2D eigenvalue weighted by atomic mass is 9.45. The predicted molar refractivity (Wildman–Crippen MR) is 115 cm³/mol. The van der Waals surface area contributed by atoms with Crippen LogP contribution in [0, 0.1) is 35.5 Å². The first-order valence-electron chi connectivity index (χ1n) is 10.6. The van der Waals surface area contributed by atoms with E-state index in [0.717, 1.165) is 31.2 Å². The van der Waals surface area contributed by atoms with Gasteiger partial charge in [-0.05, 0) is 72.6 Å². The van der Waals surface area contributed by atoms with Crippen molar-refractivity contribution in [2.45, 2.75) is 66.3 Å². The van der Waals surface area contributed by atoms with E-state index in [1.807, 2.05) is 19.9 Å². The number of hydrogen-bond donors (Lipinski definition) is 2. The maximum absolute atomic E-state index is 13.8. The summed E-state index contributed by atoms with van der Waals surface area (Å²) < 4.78 is 26.9. The number of carbonyl (C=O) groups is 1. The van der Waals surface area contributed by atoms with Crippen molar-refractivity contribution in [3.05, 3.63) is 29.3 Å². The Labute approximate surface area is 175 Å². The van der Waals surface area contributed by atoms with Gasteiger partial charge in [0.25, 0.3) is 0 Å². The van der Waals surface area contributed by atoms with E-state index in [9.17, 15) is 18.3 Å². The fraction of sp³-hybridized carbons (Fsp3) is 0.696. The molecule has 2 saturated carbocycles. The zero-order chi connectivity index (χ0) is 21.8. The maximum atomic E-state index is 13.8. The number of rotatable bonds is 4. The van der Waals surface area contributed by atoms with Gasteiger partial charge in [-0.2, -0.15) is 0 Å². The Morgan fingerprint density at radius 3 is 2.41 bits per heavy atom. The summed E-state index contributed by atoms with van der Waals surface area (Å²) in [6, 6.07) is 4.74. The van der Waals surface area contributed by atoms with E-state index < -0.39 is 10.0 Å². The van der Waals surface area contributed by atoms with Crippen molar-refractivity contribution < 1.29 is 18.3 Å². The summed E-state index contributed by atoms with van der Waals surface area (Å²) in [4.78, 5) is 13.8. The number of nitrogens with one attached hydrogen (secondary N) is 1. The summed E-state index contributed by atoms with van der Waals surface area (Å²) in [5.41, 5.74) is 1.20. The average Bonchev–Trinajstić information content (AvgIpc) is 2.54. The summed E-state index contributed by atoms with van der Waals surface area (Å²) in [7, 11) is -3.38. The van der Waals surface area contributed by atoms with Gasteiger partial charge in [-0.1, -0.05) is 34.1 Å². The third-order valence-electron chi connectivity index (χ3n) is 7.63. The molecule has 0 radical (unpaired) electrons. The Morgan fingerprint density at radius 2 is 1.83 bits per heavy atom. The summed E-state index contributed by atoms with van der Waals surface area (Å²) in [5.74, 6) is -0.0853. The van der Waals surface area contributed by atoms with Gasteiger partial charge >= 0.3 is 0 Å². The summed E-state index contributed by atoms with van der Waals surface area (Å²) >= 11 is 0. The molecular weight excluding hydrogens is 386 g/mol. The third kappa shape index (κ3) is 4.24. The van der Waals surface area contributed by atoms with Gasteiger partial charge in [-0.15, -0.1) is 0 Å². The zero-order valence-electron chi connectivity index (χ0n) is 18.5. The highest BCUT2D eigenvalue weighted by Gasteiger charge is 2.58. The van der Waals surface area contributed by atoms with E-state index in [1.165, 1.54) is 6.26 Å². The number of carbonyl (C=O) groups excluding carboxylic acids is 1. The van der Waals surface area contributed by atoms with Gasteiger partial charge in [0, 0.05) is 17.5 Å². The van der Waals surface area contributed by atoms with Crippen LogP contribution in [0.4, 0.5) is 0 Å². The van der Waals surface area contributed by atoms with Crippen LogP contribution >= 0.6 is 0 Å². The SMILES string of the molecule is Cc1cc(O)cc(C(=O)[C@H]2[C@H](C)[C@H](NS(C)(=O)=O)C[C@H]3C(C)(C)CCC[C@]23C)c1. The van der Waals surface area contributed by atoms with E-state index >= 15 is 0 Å². The Kier molecular flexibility index (Phi) is 5.67. The quantitative estimate of drug-likeness (QED) is 0.711. The number of benzene rings is 1. The molecule has 2 fully saturated rings. The second kappa shape index (κ2) is 7.38. The molecule has 3 rings (SSSR count). The van der Waals surface area contributed by atoms with Gasteiger partial charge < -0.3 is 5.11 Å². The Morgan fingerprint density at radius 1 is 1.17 bits per heavy atom. The maximum Gasteiger partial charge on any atom is 0.208 e. The van der Waals surface area contributed by atoms with Gasteiger partial charge in [-0.25, -0.2) is 13.1 Å². The largest absolute Gasteiger partial charge is 0.508 e. The second-order valence-electron chi connectivity index (χ2n) is 10.4. The van der Waals surface area contributed by atoms with Crippen molar-refractivity contribution in [3.8, 4) is 5.75 Å². The van der Waals surface area contributed by atoms with E-state index in [0.29, 0.717) is 5.56 Å². The molecule has 0 aromatic heterocycles. The summed E-state index contributed by atoms with van der Waals surface area (Å²) in [6.07, 6.45) is 5.06. The van der Waals surface area contributed by atoms with Gasteiger partial charge in [-0.3, -0.25) is 4.79 Å². The monoisotopic (exact) mass is 421 g/mol. The van der Waals surface area contributed by atoms with Crippen LogP contribution in [0.1, 0.15) is 69.3 Å². The molecule has 0 amide bonds. The minimum absolute atomic E-state index is 0.0155. The molecule has 2 N–H and O–H groups in total. The molecule has 5 nitrogen and oxygen atoms in total. The minimum atomic E-state index is -3.38. The first-order chi connectivity index (χ1) is 13.2. The van der Waals surface area contributed by atoms with Crippen molar-refractivity contribution >= 4 is 15.8 Å². The fourth-order valence-corrected chi connectivity index (χ4v) is 7.34. The van der Waals surface area contributed by atoms with Crippen molar-refractivity contribution in [1.82, 2.24) is 4.72 Å². The van der Waals surface area contributed by atoms with E-state index in [1.54, 1.807) is 12.1 Å². The molecular formula is C23H35NO4S. The lowest BCUT2D eigenvalue weighted by molar-refractivity contribution is -0.0886. The standard InChI is InChI=1S/C23H35NO4S/c1-14-10-16(12-17(25)11-14)21(26)20-15(2)18(24-29(6,27)28)13-19-22(3,4)8-7-9-23(19,20)5/h10-12,15,18-20,24-25H,7-9,13H2,1-6H3/t15-,18-,19+,20-,23+/m1/s1. The second-order valence-corrected chi connectivity index (χ2v) is 12.2. The lowest BCUT2D eigenvalue weighted by Gasteiger charge is -2.60. The van der Waals surface area contributed by atoms with E-state index in [4.69, 9.17) is 0 Å². The number of phenolic OH excluding ortho intramolecular Hbond substituents is 1. The molecule has 162 valence electrons. The summed E-state index contributed by atoms with van der Waals surface area (Å²) in [5, 5.41) is 10.0. The van der Waals surface area contributed by atoms with Crippen LogP contribution < -0.4 is 4.72 Å². The van der Waals surface area contributed by atoms with Crippen LogP contribution in [0.25, 0.3) is 0 Å². The zero-order valence-corrected chi connectivity index (χ0v) is 19.3. The van der Waals surface area contributed by atoms with Crippen LogP contribution in [0.3, 0.4) is 0 Å². The van der Waals surface area contributed by atoms with E-state index in [-0.39, 0.29) is 46.2 Å². The highest BCUT2D eigenvalue weighted by Crippen LogP contribution is 2.61. The smallest absolute Gasteiger partial charge is 0.208 e. The number of aromatic hydroxyl groups is 1. The van der Waals surface area contributed by atoms with Gasteiger partial charge in [0.2, 0.25) is 10.0 Å². The van der Waals surface area contributed by atoms with Crippen LogP contribution in [-0.2, 0) is 10.0 Å². The number of ketones is 1. The highest BCUT2D eigenvalue weighted by molar-refractivity contribution is 7.88. The number of Topliss-reactive ketones (excluding diaryl/α,β-unsaturated/α-hetero) is 1. The number of sulfonamides is 1. The van der Waals surface area contributed by atoms with Crippen LogP contribution in [0.2, 0.25) is 0 Å². The minimum Gasteiger partial charge on any atom is -0.508 e. The van der Waals surface area contributed by atoms with Crippen molar-refractivity contribution in [3.63, 3.8) is 0 Å². The highest BCUT2D eigenvalue weighted by atomic mass is 32.2. The van der Waals surface area contributed by atoms with Crippen LogP contribution in [0.5, 0.6) is 5.75 Å². The van der Waals surface area contributed by atoms with Crippen LogP contribution in [-0.4, -0.2) is 31.6 Å². The summed E-state index contributed by atoms with van der Waals surface area (Å²) in [6.45, 7) is 10.6. The first-order valence-corrected chi connectivity index (χ1v) is 12.5. The Balaban J connectivity index is 2.10. The number of aryl methyl sites for hydroxylation is 1. The molecule has 6 heteroatoms. The average molecular weight is 422 g/mol. The van der Waals surface area contributed by atoms with Gasteiger partial charge in [0.1, 0.15) is 5.75 Å². The number of hydrogen-bond acceptors (Lipinski definition) is 4. The first kappa shape index (κ1) is 22.3. The van der Waals surface area contributed by atoms with Crippen LogP contribution in [0.15, 0.2) is 18.2 Å². The molecule has 2 aliphatic rings. The molecule has 0 bridgehead atoms. The predicted octanol–water partition coefficient (Wildman–Crippen LogP) is 4.29. The fourth-order valence-electron chi connectivity index (χ4n) is 6.48. The van der Waals surface area contributed by atoms with E-state index in [2.05, 4.69) is 25.5 Å². The molecule has 0 spiro atoms. The van der Waals surface area contributed by atoms with Crippen molar-refractivity contribution in [2.24, 2.45) is 28.6 Å². The number of fused-ring (bicyclic) bond motifs is 1. The molecule has 29 heavy (non-hydrogen) atoms. The number of phenols is 1. The molecule has 0 saturated heterocycles. The van der Waals surface area contributed by atoms with Gasteiger partial charge in [0.05, 0.1) is 6.26 Å². The molecule has 2 aliphatic carbocycles. The van der Waals surface area contributed by atoms with Crippen molar-refractivity contribution in [2.75, 3.05) is 6.26 Å². The Bertz CT molecular complexity index is 887. The topological polar surface area (TPSA) is 83.5 Å². The van der Waals surface area contributed by atoms with Crippen molar-refractivity contribution in [1.29, 1.82) is 0 Å². The normalized spacial score (nSPS) is 34.4. The molecule has 0 aliphatic heterocycles. The molecule has 0 unspecified atom stereocenters. The molecule has 5 atom stereocenters. The third-order valence-corrected chi connectivity index (χ3v) is 8.36. The molecule has 1 aromatic carbocycles.